The summed E-state index contributed by atoms with van der Waals surface area (Å²) >= 11 is 0. The molecule has 0 aliphatic carbocycles. The van der Waals surface area contributed by atoms with Gasteiger partial charge in [-0.25, -0.2) is 0 Å². The Balaban J connectivity index is 2.00. The first-order chi connectivity index (χ1) is 8.72. The van der Waals surface area contributed by atoms with E-state index in [0.29, 0.717) is 0 Å². The summed E-state index contributed by atoms with van der Waals surface area (Å²) in [6, 6.07) is 12.9. The van der Waals surface area contributed by atoms with Crippen LogP contribution in [0, 0.1) is 13.8 Å². The number of hydrogen-bond acceptors (Lipinski definition) is 1. The molecular formula is C16H16N2. The van der Waals surface area contributed by atoms with E-state index in [9.17, 15) is 0 Å². The van der Waals surface area contributed by atoms with Crippen LogP contribution in [0.25, 0.3) is 11.4 Å². The zero-order chi connectivity index (χ0) is 12.5. The maximum absolute atomic E-state index is 4.38. The number of rotatable bonds is 2. The van der Waals surface area contributed by atoms with E-state index in [-0.39, 0.29) is 0 Å². The van der Waals surface area contributed by atoms with Crippen LogP contribution in [0.3, 0.4) is 0 Å². The summed E-state index contributed by atoms with van der Waals surface area (Å²) in [4.78, 5) is 4.38. The topological polar surface area (TPSA) is 17.8 Å². The molecule has 18 heavy (non-hydrogen) atoms. The molecule has 90 valence electrons. The predicted molar refractivity (Wildman–Crippen MR) is 73.9 cm³/mol. The van der Waals surface area contributed by atoms with Gasteiger partial charge in [-0.05, 0) is 37.1 Å². The molecule has 2 aliphatic rings. The highest BCUT2D eigenvalue weighted by atomic mass is 15.0. The normalized spacial score (nSPS) is 11.0. The highest BCUT2D eigenvalue weighted by molar-refractivity contribution is 5.58. The molecule has 3 rings (SSSR count). The van der Waals surface area contributed by atoms with Crippen LogP contribution in [0.15, 0.2) is 48.8 Å². The summed E-state index contributed by atoms with van der Waals surface area (Å²) in [5, 5.41) is 0. The summed E-state index contributed by atoms with van der Waals surface area (Å²) in [5.74, 6) is 0. The second-order valence-corrected chi connectivity index (χ2v) is 4.85. The van der Waals surface area contributed by atoms with Gasteiger partial charge in [0.05, 0.1) is 11.4 Å². The van der Waals surface area contributed by atoms with Crippen LogP contribution in [-0.4, -0.2) is 9.55 Å². The van der Waals surface area contributed by atoms with E-state index in [2.05, 4.69) is 66.0 Å². The molecule has 2 nitrogen and oxygen atoms in total. The van der Waals surface area contributed by atoms with Crippen LogP contribution < -0.4 is 0 Å². The molecule has 0 unspecified atom stereocenters. The Bertz CT molecular complexity index is 635. The zero-order valence-corrected chi connectivity index (χ0v) is 10.7. The second-order valence-electron chi connectivity index (χ2n) is 4.85. The van der Waals surface area contributed by atoms with Crippen LogP contribution >= 0.6 is 0 Å². The lowest BCUT2D eigenvalue weighted by atomic mass is 10.1. The molecule has 1 aromatic carbocycles. The first kappa shape index (κ1) is 11.0. The van der Waals surface area contributed by atoms with Crippen molar-refractivity contribution in [3.8, 4) is 11.4 Å². The molecule has 0 amide bonds. The summed E-state index contributed by atoms with van der Waals surface area (Å²) in [6.45, 7) is 5.12. The molecule has 0 aromatic heterocycles. The van der Waals surface area contributed by atoms with Crippen molar-refractivity contribution in [2.75, 3.05) is 0 Å². The summed E-state index contributed by atoms with van der Waals surface area (Å²) in [7, 11) is 0. The van der Waals surface area contributed by atoms with Crippen LogP contribution in [0.1, 0.15) is 16.7 Å². The van der Waals surface area contributed by atoms with Gasteiger partial charge < -0.3 is 4.57 Å². The van der Waals surface area contributed by atoms with Gasteiger partial charge in [-0.1, -0.05) is 29.8 Å². The maximum Gasteiger partial charge on any atom is 0.0870 e. The number of benzene rings is 1. The number of hydrogen-bond donors (Lipinski definition) is 0. The molecular weight excluding hydrogens is 220 g/mol. The van der Waals surface area contributed by atoms with Gasteiger partial charge in [-0.2, -0.15) is 0 Å². The van der Waals surface area contributed by atoms with Gasteiger partial charge in [-0.15, -0.1) is 0 Å². The first-order valence-electron chi connectivity index (χ1n) is 6.19. The van der Waals surface area contributed by atoms with Crippen molar-refractivity contribution in [2.45, 2.75) is 20.4 Å². The minimum absolute atomic E-state index is 0.893. The van der Waals surface area contributed by atoms with Gasteiger partial charge in [0, 0.05) is 18.9 Å². The van der Waals surface area contributed by atoms with Crippen LogP contribution in [-0.2, 0) is 6.54 Å². The molecule has 0 bridgehead atoms. The fourth-order valence-electron chi connectivity index (χ4n) is 2.28. The van der Waals surface area contributed by atoms with Gasteiger partial charge in [0.15, 0.2) is 0 Å². The van der Waals surface area contributed by atoms with E-state index in [4.69, 9.17) is 0 Å². The Labute approximate surface area is 107 Å². The fourth-order valence-corrected chi connectivity index (χ4v) is 2.28. The van der Waals surface area contributed by atoms with Crippen molar-refractivity contribution in [1.82, 2.24) is 9.55 Å². The van der Waals surface area contributed by atoms with Crippen LogP contribution in [0.4, 0.5) is 0 Å². The lowest BCUT2D eigenvalue weighted by Crippen LogP contribution is -2.04. The van der Waals surface area contributed by atoms with Crippen molar-refractivity contribution < 1.29 is 0 Å². The third kappa shape index (κ3) is 2.02. The largest absolute Gasteiger partial charge is 0.342 e. The van der Waals surface area contributed by atoms with Gasteiger partial charge in [-0.3, -0.25) is 4.98 Å². The highest BCUT2D eigenvalue weighted by Gasteiger charge is 2.08. The van der Waals surface area contributed by atoms with Crippen LogP contribution in [0.2, 0.25) is 0 Å². The van der Waals surface area contributed by atoms with E-state index in [1.54, 1.807) is 0 Å². The highest BCUT2D eigenvalue weighted by Crippen LogP contribution is 2.22. The van der Waals surface area contributed by atoms with Gasteiger partial charge in [0.2, 0.25) is 0 Å². The standard InChI is InChI=1S/C16H16N2/c1-12-3-5-14(6-4-12)11-18-10-13(2)9-15-16(18)7-8-17-15/h3-10H,11H2,1-2H3. The Morgan fingerprint density at radius 3 is 2.56 bits per heavy atom. The average molecular weight is 236 g/mol. The first-order valence-corrected chi connectivity index (χ1v) is 6.19. The lowest BCUT2D eigenvalue weighted by molar-refractivity contribution is 0.793. The monoisotopic (exact) mass is 236 g/mol. The van der Waals surface area contributed by atoms with Crippen molar-refractivity contribution in [3.05, 3.63) is 65.5 Å². The van der Waals surface area contributed by atoms with E-state index in [1.807, 2.05) is 6.20 Å². The maximum atomic E-state index is 4.38. The number of nitrogens with zero attached hydrogens (tertiary/aromatic N) is 2. The average Bonchev–Trinajstić information content (AvgIpc) is 2.80. The number of fused-ring (bicyclic) bond motifs is 1. The number of aromatic nitrogens is 2. The molecule has 0 fully saturated rings. The molecule has 0 saturated carbocycles. The Morgan fingerprint density at radius 2 is 1.78 bits per heavy atom. The van der Waals surface area contributed by atoms with E-state index >= 15 is 0 Å². The van der Waals surface area contributed by atoms with E-state index in [1.165, 1.54) is 22.4 Å². The summed E-state index contributed by atoms with van der Waals surface area (Å²) in [5.41, 5.74) is 6.13. The molecule has 2 heteroatoms. The van der Waals surface area contributed by atoms with Crippen LogP contribution in [0.5, 0.6) is 0 Å². The Kier molecular flexibility index (Phi) is 2.63. The van der Waals surface area contributed by atoms with Crippen molar-refractivity contribution >= 4 is 0 Å². The Hall–Kier alpha value is -2.09. The third-order valence-corrected chi connectivity index (χ3v) is 3.22. The lowest BCUT2D eigenvalue weighted by Gasteiger charge is -2.13. The summed E-state index contributed by atoms with van der Waals surface area (Å²) < 4.78 is 2.27. The predicted octanol–water partition coefficient (Wildman–Crippen LogP) is 3.65. The quantitative estimate of drug-likeness (QED) is 0.664. The molecule has 0 saturated heterocycles. The molecule has 0 N–H and O–H groups in total. The molecule has 1 aromatic rings. The number of aryl methyl sites for hydroxylation is 2. The molecule has 0 spiro atoms. The SMILES string of the molecule is Cc1ccc(Cn2cc(C)cc3nccc2-3)cc1. The Morgan fingerprint density at radius 1 is 1.00 bits per heavy atom. The van der Waals surface area contributed by atoms with E-state index < -0.39 is 0 Å². The minimum atomic E-state index is 0.893. The fraction of sp³-hybridized carbons (Fsp3) is 0.188. The minimum Gasteiger partial charge on any atom is -0.342 e. The second kappa shape index (κ2) is 4.30. The van der Waals surface area contributed by atoms with Gasteiger partial charge in [0.25, 0.3) is 0 Å². The van der Waals surface area contributed by atoms with Crippen molar-refractivity contribution in [1.29, 1.82) is 0 Å². The molecule has 0 atom stereocenters. The molecule has 0 radical (unpaired) electrons. The van der Waals surface area contributed by atoms with E-state index in [0.717, 1.165) is 12.2 Å². The zero-order valence-electron chi connectivity index (χ0n) is 10.7. The van der Waals surface area contributed by atoms with Gasteiger partial charge in [0.1, 0.15) is 0 Å². The van der Waals surface area contributed by atoms with Crippen molar-refractivity contribution in [3.63, 3.8) is 0 Å². The third-order valence-electron chi connectivity index (χ3n) is 3.22. The van der Waals surface area contributed by atoms with Gasteiger partial charge >= 0.3 is 0 Å². The summed E-state index contributed by atoms with van der Waals surface area (Å²) in [6.07, 6.45) is 4.06. The number of pyridine rings is 1. The van der Waals surface area contributed by atoms with Crippen molar-refractivity contribution in [2.24, 2.45) is 0 Å². The smallest absolute Gasteiger partial charge is 0.0870 e. The molecule has 2 aliphatic heterocycles. The molecule has 2 heterocycles.